The maximum Gasteiger partial charge on any atom is 0.127 e. The fraction of sp³-hybridized carbons (Fsp3) is 0.250. The van der Waals surface area contributed by atoms with Crippen molar-refractivity contribution in [3.63, 3.8) is 0 Å². The average molecular weight is 186 g/mol. The number of hydrogen-bond acceptors (Lipinski definition) is 2. The normalized spacial score (nSPS) is 10.7. The van der Waals surface area contributed by atoms with Crippen LogP contribution in [-0.2, 0) is 6.42 Å². The topological polar surface area (TPSA) is 38.9 Å². The summed E-state index contributed by atoms with van der Waals surface area (Å²) in [4.78, 5) is 4.39. The van der Waals surface area contributed by atoms with E-state index in [2.05, 4.69) is 43.1 Å². The van der Waals surface area contributed by atoms with E-state index in [4.69, 9.17) is 5.73 Å². The number of nitrogens with zero attached hydrogens (tertiary/aromatic N) is 1. The first-order valence-electron chi connectivity index (χ1n) is 4.86. The van der Waals surface area contributed by atoms with E-state index in [0.29, 0.717) is 5.82 Å². The Balaban J connectivity index is 2.73. The van der Waals surface area contributed by atoms with Gasteiger partial charge in [0.1, 0.15) is 5.82 Å². The minimum atomic E-state index is 0.658. The molecule has 2 rings (SSSR count). The Kier molecular flexibility index (Phi) is 2.12. The summed E-state index contributed by atoms with van der Waals surface area (Å²) in [5.74, 6) is 0.658. The van der Waals surface area contributed by atoms with Crippen LogP contribution in [0.5, 0.6) is 0 Å². The molecule has 0 atom stereocenters. The molecule has 2 nitrogen and oxygen atoms in total. The van der Waals surface area contributed by atoms with Crippen LogP contribution in [0, 0.1) is 6.92 Å². The molecule has 0 fully saturated rings. The largest absolute Gasteiger partial charge is 0.383 e. The summed E-state index contributed by atoms with van der Waals surface area (Å²) < 4.78 is 0. The van der Waals surface area contributed by atoms with Crippen LogP contribution in [0.3, 0.4) is 0 Å². The SMILES string of the molecule is CCc1cc2ccc(C)cc2nc1N. The predicted octanol–water partition coefficient (Wildman–Crippen LogP) is 2.69. The summed E-state index contributed by atoms with van der Waals surface area (Å²) in [7, 11) is 0. The van der Waals surface area contributed by atoms with Crippen LogP contribution in [0.15, 0.2) is 24.3 Å². The van der Waals surface area contributed by atoms with Crippen molar-refractivity contribution >= 4 is 16.7 Å². The number of fused-ring (bicyclic) bond motifs is 1. The minimum absolute atomic E-state index is 0.658. The van der Waals surface area contributed by atoms with E-state index in [1.165, 1.54) is 10.9 Å². The van der Waals surface area contributed by atoms with Crippen LogP contribution in [0.1, 0.15) is 18.1 Å². The predicted molar refractivity (Wildman–Crippen MR) is 60.3 cm³/mol. The summed E-state index contributed by atoms with van der Waals surface area (Å²) in [5, 5.41) is 1.17. The number of nitrogen functional groups attached to an aromatic ring is 1. The Morgan fingerprint density at radius 3 is 2.79 bits per heavy atom. The molecule has 0 saturated heterocycles. The highest BCUT2D eigenvalue weighted by Gasteiger charge is 2.01. The maximum atomic E-state index is 5.84. The zero-order valence-electron chi connectivity index (χ0n) is 8.54. The first kappa shape index (κ1) is 9.00. The monoisotopic (exact) mass is 186 g/mol. The number of hydrogen-bond donors (Lipinski definition) is 1. The number of nitrogens with two attached hydrogens (primary N) is 1. The third-order valence-corrected chi connectivity index (χ3v) is 2.47. The van der Waals surface area contributed by atoms with Gasteiger partial charge in [0.05, 0.1) is 5.52 Å². The smallest absolute Gasteiger partial charge is 0.127 e. The van der Waals surface area contributed by atoms with Gasteiger partial charge < -0.3 is 5.73 Å². The van der Waals surface area contributed by atoms with Gasteiger partial charge in [0.15, 0.2) is 0 Å². The first-order chi connectivity index (χ1) is 6.70. The molecule has 0 aliphatic heterocycles. The average Bonchev–Trinajstić information content (AvgIpc) is 2.16. The molecule has 0 aliphatic rings. The second-order valence-corrected chi connectivity index (χ2v) is 3.58. The Hall–Kier alpha value is -1.57. The fourth-order valence-corrected chi connectivity index (χ4v) is 1.62. The lowest BCUT2D eigenvalue weighted by Gasteiger charge is -2.05. The zero-order chi connectivity index (χ0) is 10.1. The fourth-order valence-electron chi connectivity index (χ4n) is 1.62. The van der Waals surface area contributed by atoms with Gasteiger partial charge in [-0.3, -0.25) is 0 Å². The van der Waals surface area contributed by atoms with Crippen LogP contribution in [-0.4, -0.2) is 4.98 Å². The number of aryl methyl sites for hydroxylation is 2. The second kappa shape index (κ2) is 3.29. The van der Waals surface area contributed by atoms with Gasteiger partial charge in [0.25, 0.3) is 0 Å². The van der Waals surface area contributed by atoms with E-state index >= 15 is 0 Å². The molecule has 2 heteroatoms. The highest BCUT2D eigenvalue weighted by atomic mass is 14.8. The molecule has 1 aromatic carbocycles. The summed E-state index contributed by atoms with van der Waals surface area (Å²) in [6, 6.07) is 8.37. The first-order valence-corrected chi connectivity index (χ1v) is 4.86. The lowest BCUT2D eigenvalue weighted by molar-refractivity contribution is 1.13. The number of anilines is 1. The van der Waals surface area contributed by atoms with E-state index in [-0.39, 0.29) is 0 Å². The van der Waals surface area contributed by atoms with Crippen molar-refractivity contribution in [2.75, 3.05) is 5.73 Å². The summed E-state index contributed by atoms with van der Waals surface area (Å²) in [5.41, 5.74) is 9.16. The number of aromatic nitrogens is 1. The van der Waals surface area contributed by atoms with Gasteiger partial charge in [-0.05, 0) is 36.6 Å². The van der Waals surface area contributed by atoms with Crippen LogP contribution in [0.25, 0.3) is 10.9 Å². The number of benzene rings is 1. The van der Waals surface area contributed by atoms with Gasteiger partial charge in [-0.1, -0.05) is 19.1 Å². The summed E-state index contributed by atoms with van der Waals surface area (Å²) in [6.45, 7) is 4.15. The van der Waals surface area contributed by atoms with Crippen LogP contribution >= 0.6 is 0 Å². The van der Waals surface area contributed by atoms with E-state index in [9.17, 15) is 0 Å². The van der Waals surface area contributed by atoms with Crippen molar-refractivity contribution in [1.29, 1.82) is 0 Å². The molecule has 0 bridgehead atoms. The van der Waals surface area contributed by atoms with Gasteiger partial charge in [0, 0.05) is 5.39 Å². The van der Waals surface area contributed by atoms with E-state index in [0.717, 1.165) is 17.5 Å². The van der Waals surface area contributed by atoms with Gasteiger partial charge in [-0.25, -0.2) is 4.98 Å². The molecule has 1 aromatic heterocycles. The van der Waals surface area contributed by atoms with Crippen LogP contribution in [0.2, 0.25) is 0 Å². The molecule has 0 radical (unpaired) electrons. The third-order valence-electron chi connectivity index (χ3n) is 2.47. The number of rotatable bonds is 1. The molecular weight excluding hydrogens is 172 g/mol. The summed E-state index contributed by atoms with van der Waals surface area (Å²) >= 11 is 0. The number of pyridine rings is 1. The molecule has 1 heterocycles. The van der Waals surface area contributed by atoms with Gasteiger partial charge in [-0.15, -0.1) is 0 Å². The molecule has 72 valence electrons. The minimum Gasteiger partial charge on any atom is -0.383 e. The highest BCUT2D eigenvalue weighted by Crippen LogP contribution is 2.19. The zero-order valence-corrected chi connectivity index (χ0v) is 8.54. The lowest BCUT2D eigenvalue weighted by Crippen LogP contribution is -1.97. The standard InChI is InChI=1S/C12H14N2/c1-3-9-7-10-5-4-8(2)6-11(10)14-12(9)13/h4-7H,3H2,1-2H3,(H2,13,14). The summed E-state index contributed by atoms with van der Waals surface area (Å²) in [6.07, 6.45) is 0.933. The van der Waals surface area contributed by atoms with E-state index < -0.39 is 0 Å². The molecule has 0 unspecified atom stereocenters. The van der Waals surface area contributed by atoms with Crippen molar-refractivity contribution in [2.24, 2.45) is 0 Å². The van der Waals surface area contributed by atoms with E-state index in [1.807, 2.05) is 0 Å². The quantitative estimate of drug-likeness (QED) is 0.743. The Bertz CT molecular complexity index is 475. The third kappa shape index (κ3) is 1.43. The van der Waals surface area contributed by atoms with Gasteiger partial charge in [0.2, 0.25) is 0 Å². The molecule has 0 spiro atoms. The molecule has 14 heavy (non-hydrogen) atoms. The van der Waals surface area contributed by atoms with Crippen LogP contribution in [0.4, 0.5) is 5.82 Å². The maximum absolute atomic E-state index is 5.84. The molecule has 0 aliphatic carbocycles. The van der Waals surface area contributed by atoms with E-state index in [1.54, 1.807) is 0 Å². The van der Waals surface area contributed by atoms with Crippen molar-refractivity contribution < 1.29 is 0 Å². The second-order valence-electron chi connectivity index (χ2n) is 3.58. The molecule has 0 saturated carbocycles. The van der Waals surface area contributed by atoms with Crippen LogP contribution < -0.4 is 5.73 Å². The Labute approximate surface area is 83.8 Å². The van der Waals surface area contributed by atoms with Crippen molar-refractivity contribution in [3.05, 3.63) is 35.4 Å². The van der Waals surface area contributed by atoms with Gasteiger partial charge in [-0.2, -0.15) is 0 Å². The lowest BCUT2D eigenvalue weighted by atomic mass is 10.1. The van der Waals surface area contributed by atoms with Crippen molar-refractivity contribution in [2.45, 2.75) is 20.3 Å². The Morgan fingerprint density at radius 2 is 2.07 bits per heavy atom. The Morgan fingerprint density at radius 1 is 1.29 bits per heavy atom. The highest BCUT2D eigenvalue weighted by molar-refractivity contribution is 5.82. The van der Waals surface area contributed by atoms with Crippen molar-refractivity contribution in [3.8, 4) is 0 Å². The molecular formula is C12H14N2. The molecule has 2 N–H and O–H groups in total. The van der Waals surface area contributed by atoms with Gasteiger partial charge >= 0.3 is 0 Å². The van der Waals surface area contributed by atoms with Crippen molar-refractivity contribution in [1.82, 2.24) is 4.98 Å². The molecule has 2 aromatic rings. The molecule has 0 amide bonds.